The van der Waals surface area contributed by atoms with Gasteiger partial charge in [0.2, 0.25) is 0 Å². The lowest BCUT2D eigenvalue weighted by Crippen LogP contribution is -2.29. The van der Waals surface area contributed by atoms with Crippen molar-refractivity contribution in [3.8, 4) is 0 Å². The van der Waals surface area contributed by atoms with Gasteiger partial charge in [-0.3, -0.25) is 0 Å². The van der Waals surface area contributed by atoms with E-state index in [2.05, 4.69) is 4.85 Å². The smallest absolute Gasteiger partial charge is 0.187 e. The summed E-state index contributed by atoms with van der Waals surface area (Å²) in [5.74, 6) is -0.275. The number of hydrogen-bond acceptors (Lipinski definition) is 3. The Morgan fingerprint density at radius 2 is 1.88 bits per heavy atom. The first kappa shape index (κ1) is 16.2. The second-order valence-corrected chi connectivity index (χ2v) is 6.29. The summed E-state index contributed by atoms with van der Waals surface area (Å²) < 4.78 is 30.8. The molecule has 1 fully saturated rings. The van der Waals surface area contributed by atoms with Crippen LogP contribution in [0.25, 0.3) is 4.85 Å². The van der Waals surface area contributed by atoms with E-state index in [0.29, 0.717) is 38.3 Å². The number of rotatable bonds is 4. The van der Waals surface area contributed by atoms with Crippen LogP contribution in [-0.2, 0) is 26.4 Å². The average molecular weight is 339 g/mol. The second kappa shape index (κ2) is 6.57. The highest BCUT2D eigenvalue weighted by atomic mass is 19.1. The predicted molar refractivity (Wildman–Crippen MR) is 89.6 cm³/mol. The van der Waals surface area contributed by atoms with E-state index < -0.39 is 5.60 Å². The Bertz CT molecular complexity index is 809. The molecule has 0 radical (unpaired) electrons. The van der Waals surface area contributed by atoms with Crippen molar-refractivity contribution < 1.29 is 18.6 Å². The molecule has 0 N–H and O–H groups in total. The second-order valence-electron chi connectivity index (χ2n) is 6.29. The number of ether oxygens (including phenoxy) is 3. The van der Waals surface area contributed by atoms with Crippen molar-refractivity contribution in [1.82, 2.24) is 0 Å². The van der Waals surface area contributed by atoms with Crippen molar-refractivity contribution in [1.29, 1.82) is 0 Å². The molecule has 1 atom stereocenters. The third-order valence-corrected chi connectivity index (χ3v) is 4.86. The molecule has 2 aliphatic heterocycles. The van der Waals surface area contributed by atoms with E-state index in [0.717, 1.165) is 16.7 Å². The van der Waals surface area contributed by atoms with Crippen molar-refractivity contribution >= 4 is 5.69 Å². The van der Waals surface area contributed by atoms with Crippen LogP contribution in [0.3, 0.4) is 0 Å². The van der Waals surface area contributed by atoms with Gasteiger partial charge in [-0.1, -0.05) is 30.3 Å². The fourth-order valence-corrected chi connectivity index (χ4v) is 3.65. The van der Waals surface area contributed by atoms with Crippen molar-refractivity contribution in [2.75, 3.05) is 13.2 Å². The van der Waals surface area contributed by atoms with Crippen molar-refractivity contribution in [3.63, 3.8) is 0 Å². The molecule has 2 aliphatic rings. The lowest BCUT2D eigenvalue weighted by Gasteiger charge is -2.31. The van der Waals surface area contributed by atoms with E-state index in [9.17, 15) is 4.39 Å². The predicted octanol–water partition coefficient (Wildman–Crippen LogP) is 4.30. The summed E-state index contributed by atoms with van der Waals surface area (Å²) in [7, 11) is 0. The van der Waals surface area contributed by atoms with Gasteiger partial charge in [-0.15, -0.1) is 0 Å². The first-order valence-electron chi connectivity index (χ1n) is 8.35. The van der Waals surface area contributed by atoms with Crippen LogP contribution in [0.5, 0.6) is 0 Å². The topological polar surface area (TPSA) is 32.0 Å². The Morgan fingerprint density at radius 3 is 2.60 bits per heavy atom. The van der Waals surface area contributed by atoms with E-state index in [-0.39, 0.29) is 12.1 Å². The van der Waals surface area contributed by atoms with Crippen LogP contribution in [0.1, 0.15) is 29.5 Å². The van der Waals surface area contributed by atoms with E-state index >= 15 is 0 Å². The molecule has 5 heteroatoms. The van der Waals surface area contributed by atoms with Gasteiger partial charge in [0.15, 0.2) is 12.0 Å². The Balaban J connectivity index is 1.73. The normalized spacial score (nSPS) is 22.7. The largest absolute Gasteiger partial charge is 0.361 e. The van der Waals surface area contributed by atoms with E-state index in [1.165, 1.54) is 12.1 Å². The number of nitrogens with zero attached hydrogens (tertiary/aromatic N) is 1. The number of benzene rings is 2. The van der Waals surface area contributed by atoms with Gasteiger partial charge in [-0.05, 0) is 35.2 Å². The molecule has 0 aromatic heterocycles. The van der Waals surface area contributed by atoms with Crippen LogP contribution in [0, 0.1) is 12.4 Å². The molecule has 2 heterocycles. The van der Waals surface area contributed by atoms with E-state index in [1.54, 1.807) is 18.2 Å². The molecule has 4 rings (SSSR count). The Labute approximate surface area is 146 Å². The highest BCUT2D eigenvalue weighted by molar-refractivity contribution is 5.54. The standard InChI is InChI=1S/C20H18FNO3/c1-22-17-6-7-18-14(12-17)13-25-20(18,9-8-19-23-10-11-24-19)15-2-4-16(21)5-3-15/h2-7,12,19H,8-11,13H2/t20-/m1/s1. The molecule has 0 unspecified atom stereocenters. The molecule has 128 valence electrons. The number of halogens is 1. The molecule has 0 amide bonds. The zero-order valence-corrected chi connectivity index (χ0v) is 13.7. The molecule has 0 saturated carbocycles. The minimum atomic E-state index is -0.668. The summed E-state index contributed by atoms with van der Waals surface area (Å²) in [5, 5.41) is 0. The molecule has 4 nitrogen and oxygen atoms in total. The summed E-state index contributed by atoms with van der Waals surface area (Å²) in [6.07, 6.45) is 1.11. The zero-order valence-electron chi connectivity index (χ0n) is 13.7. The third-order valence-electron chi connectivity index (χ3n) is 4.86. The van der Waals surface area contributed by atoms with Crippen molar-refractivity contribution in [2.24, 2.45) is 0 Å². The summed E-state index contributed by atoms with van der Waals surface area (Å²) in [6, 6.07) is 12.1. The fraction of sp³-hybridized carbons (Fsp3) is 0.350. The summed E-state index contributed by atoms with van der Waals surface area (Å²) in [4.78, 5) is 3.49. The molecule has 0 bridgehead atoms. The van der Waals surface area contributed by atoms with Gasteiger partial charge in [-0.2, -0.15) is 0 Å². The first-order chi connectivity index (χ1) is 12.2. The third kappa shape index (κ3) is 2.93. The van der Waals surface area contributed by atoms with Crippen LogP contribution in [-0.4, -0.2) is 19.5 Å². The highest BCUT2D eigenvalue weighted by Crippen LogP contribution is 2.46. The molecule has 1 saturated heterocycles. The van der Waals surface area contributed by atoms with Crippen LogP contribution in [0.4, 0.5) is 10.1 Å². The molecular formula is C20H18FNO3. The van der Waals surface area contributed by atoms with E-state index in [4.69, 9.17) is 20.8 Å². The van der Waals surface area contributed by atoms with Gasteiger partial charge in [0.1, 0.15) is 11.4 Å². The fourth-order valence-electron chi connectivity index (χ4n) is 3.65. The van der Waals surface area contributed by atoms with Crippen molar-refractivity contribution in [3.05, 3.63) is 76.4 Å². The first-order valence-corrected chi connectivity index (χ1v) is 8.35. The Kier molecular flexibility index (Phi) is 4.26. The van der Waals surface area contributed by atoms with Crippen molar-refractivity contribution in [2.45, 2.75) is 31.3 Å². The summed E-state index contributed by atoms with van der Waals surface area (Å²) >= 11 is 0. The SMILES string of the molecule is [C-]#[N+]c1ccc2c(c1)CO[C@]2(CCC1OCCO1)c1ccc(F)cc1. The summed E-state index contributed by atoms with van der Waals surface area (Å²) in [6.45, 7) is 8.85. The molecule has 0 spiro atoms. The molecular weight excluding hydrogens is 321 g/mol. The van der Waals surface area contributed by atoms with Gasteiger partial charge in [-0.25, -0.2) is 9.24 Å². The van der Waals surface area contributed by atoms with Gasteiger partial charge in [0.25, 0.3) is 0 Å². The maximum Gasteiger partial charge on any atom is 0.187 e. The maximum atomic E-state index is 13.4. The van der Waals surface area contributed by atoms with Gasteiger partial charge >= 0.3 is 0 Å². The zero-order chi connectivity index (χ0) is 17.3. The molecule has 0 aliphatic carbocycles. The van der Waals surface area contributed by atoms with Crippen LogP contribution >= 0.6 is 0 Å². The Hall–Kier alpha value is -2.26. The van der Waals surface area contributed by atoms with Gasteiger partial charge in [0, 0.05) is 6.42 Å². The monoisotopic (exact) mass is 339 g/mol. The van der Waals surface area contributed by atoms with Crippen LogP contribution in [0.15, 0.2) is 42.5 Å². The van der Waals surface area contributed by atoms with Crippen LogP contribution in [0.2, 0.25) is 0 Å². The maximum absolute atomic E-state index is 13.4. The Morgan fingerprint density at radius 1 is 1.12 bits per heavy atom. The minimum Gasteiger partial charge on any atom is -0.361 e. The lowest BCUT2D eigenvalue weighted by molar-refractivity contribution is -0.0738. The average Bonchev–Trinajstić information content (AvgIpc) is 3.28. The highest BCUT2D eigenvalue weighted by Gasteiger charge is 2.42. The molecule has 2 aromatic rings. The van der Waals surface area contributed by atoms with Gasteiger partial charge in [0.05, 0.1) is 26.4 Å². The quantitative estimate of drug-likeness (QED) is 0.778. The van der Waals surface area contributed by atoms with Crippen LogP contribution < -0.4 is 0 Å². The molecule has 2 aromatic carbocycles. The van der Waals surface area contributed by atoms with Gasteiger partial charge < -0.3 is 14.2 Å². The lowest BCUT2D eigenvalue weighted by atomic mass is 9.82. The molecule has 25 heavy (non-hydrogen) atoms. The summed E-state index contributed by atoms with van der Waals surface area (Å²) in [5.41, 5.74) is 2.87. The minimum absolute atomic E-state index is 0.229. The number of fused-ring (bicyclic) bond motifs is 1. The van der Waals surface area contributed by atoms with E-state index in [1.807, 2.05) is 12.1 Å². The number of hydrogen-bond donors (Lipinski definition) is 0.